The van der Waals surface area contributed by atoms with Gasteiger partial charge in [0.25, 0.3) is 0 Å². The van der Waals surface area contributed by atoms with Gasteiger partial charge in [-0.05, 0) is 50.6 Å². The van der Waals surface area contributed by atoms with E-state index in [-0.39, 0.29) is 29.4 Å². The summed E-state index contributed by atoms with van der Waals surface area (Å²) in [6.45, 7) is 14.4. The fraction of sp³-hybridized carbons (Fsp3) is 0.950. The summed E-state index contributed by atoms with van der Waals surface area (Å²) in [6.07, 6.45) is 6.60. The summed E-state index contributed by atoms with van der Waals surface area (Å²) in [4.78, 5) is 7.04. The van der Waals surface area contributed by atoms with Crippen molar-refractivity contribution in [2.24, 2.45) is 16.3 Å². The van der Waals surface area contributed by atoms with Crippen LogP contribution in [-0.2, 0) is 4.74 Å². The van der Waals surface area contributed by atoms with Gasteiger partial charge in [-0.15, -0.1) is 24.0 Å². The molecule has 26 heavy (non-hydrogen) atoms. The number of nitrogens with zero attached hydrogens (tertiary/aromatic N) is 2. The number of rotatable bonds is 6. The Morgan fingerprint density at radius 2 is 1.88 bits per heavy atom. The Morgan fingerprint density at radius 1 is 1.19 bits per heavy atom. The molecule has 6 heteroatoms. The van der Waals surface area contributed by atoms with E-state index in [2.05, 4.69) is 48.2 Å². The highest BCUT2D eigenvalue weighted by atomic mass is 127. The van der Waals surface area contributed by atoms with E-state index >= 15 is 0 Å². The number of guanidine groups is 1. The minimum absolute atomic E-state index is 0. The van der Waals surface area contributed by atoms with Crippen LogP contribution >= 0.6 is 24.0 Å². The van der Waals surface area contributed by atoms with Gasteiger partial charge in [0.1, 0.15) is 0 Å². The second kappa shape index (κ2) is 11.7. The third-order valence-corrected chi connectivity index (χ3v) is 5.69. The van der Waals surface area contributed by atoms with Gasteiger partial charge in [0.15, 0.2) is 5.96 Å². The normalized spacial score (nSPS) is 26.3. The van der Waals surface area contributed by atoms with Gasteiger partial charge >= 0.3 is 0 Å². The maximum absolute atomic E-state index is 6.10. The molecule has 5 nitrogen and oxygen atoms in total. The maximum atomic E-state index is 6.10. The molecule has 0 spiro atoms. The minimum atomic E-state index is 0. The standard InChI is InChI=1S/C20H40N4O.HI/c1-6-17(24-11-7-8-12-24)15-23-19(21-5)22-14-16-10-9-13-25-18(16)20(2,3)4;/h16-18H,6-15H2,1-5H3,(H2,21,22,23);1H. The zero-order valence-electron chi connectivity index (χ0n) is 17.5. The van der Waals surface area contributed by atoms with E-state index < -0.39 is 0 Å². The van der Waals surface area contributed by atoms with E-state index in [0.29, 0.717) is 18.1 Å². The highest BCUT2D eigenvalue weighted by Gasteiger charge is 2.35. The third kappa shape index (κ3) is 7.15. The third-order valence-electron chi connectivity index (χ3n) is 5.69. The van der Waals surface area contributed by atoms with Gasteiger partial charge in [-0.1, -0.05) is 27.7 Å². The second-order valence-electron chi connectivity index (χ2n) is 8.70. The molecule has 3 atom stereocenters. The molecule has 0 aromatic carbocycles. The molecule has 154 valence electrons. The van der Waals surface area contributed by atoms with Crippen LogP contribution in [0.25, 0.3) is 0 Å². The van der Waals surface area contributed by atoms with Crippen LogP contribution < -0.4 is 10.6 Å². The van der Waals surface area contributed by atoms with Crippen LogP contribution in [0.15, 0.2) is 4.99 Å². The highest BCUT2D eigenvalue weighted by molar-refractivity contribution is 14.0. The largest absolute Gasteiger partial charge is 0.377 e. The number of nitrogens with one attached hydrogen (secondary N) is 2. The van der Waals surface area contributed by atoms with Crippen molar-refractivity contribution in [1.82, 2.24) is 15.5 Å². The number of ether oxygens (including phenoxy) is 1. The van der Waals surface area contributed by atoms with E-state index in [0.717, 1.165) is 32.1 Å². The quantitative estimate of drug-likeness (QED) is 0.347. The van der Waals surface area contributed by atoms with E-state index in [1.54, 1.807) is 0 Å². The highest BCUT2D eigenvalue weighted by Crippen LogP contribution is 2.33. The first kappa shape index (κ1) is 24.0. The van der Waals surface area contributed by atoms with E-state index in [4.69, 9.17) is 4.74 Å². The predicted octanol–water partition coefficient (Wildman–Crippen LogP) is 3.49. The smallest absolute Gasteiger partial charge is 0.191 e. The number of aliphatic imine (C=N–C) groups is 1. The monoisotopic (exact) mass is 480 g/mol. The van der Waals surface area contributed by atoms with E-state index in [1.807, 2.05) is 7.05 Å². The maximum Gasteiger partial charge on any atom is 0.191 e. The molecule has 2 aliphatic rings. The molecule has 2 aliphatic heterocycles. The van der Waals surface area contributed by atoms with Crippen molar-refractivity contribution in [3.63, 3.8) is 0 Å². The summed E-state index contributed by atoms with van der Waals surface area (Å²) in [5.74, 6) is 1.48. The zero-order chi connectivity index (χ0) is 18.3. The number of halogens is 1. The van der Waals surface area contributed by atoms with Crippen molar-refractivity contribution in [3.8, 4) is 0 Å². The summed E-state index contributed by atoms with van der Waals surface area (Å²) in [5.41, 5.74) is 0.187. The van der Waals surface area contributed by atoms with Gasteiger partial charge < -0.3 is 15.4 Å². The molecule has 0 aromatic heterocycles. The zero-order valence-corrected chi connectivity index (χ0v) is 19.8. The van der Waals surface area contributed by atoms with Crippen LogP contribution in [0.3, 0.4) is 0 Å². The fourth-order valence-corrected chi connectivity index (χ4v) is 4.31. The summed E-state index contributed by atoms with van der Waals surface area (Å²) in [7, 11) is 1.87. The van der Waals surface area contributed by atoms with Gasteiger partial charge in [0.2, 0.25) is 0 Å². The summed E-state index contributed by atoms with van der Waals surface area (Å²) in [6, 6.07) is 0.612. The molecule has 2 heterocycles. The molecule has 2 rings (SSSR count). The molecule has 0 bridgehead atoms. The van der Waals surface area contributed by atoms with Crippen molar-refractivity contribution in [3.05, 3.63) is 0 Å². The molecular formula is C20H41IN4O. The molecule has 3 unspecified atom stereocenters. The molecule has 2 fully saturated rings. The van der Waals surface area contributed by atoms with Gasteiger partial charge in [-0.2, -0.15) is 0 Å². The molecule has 2 saturated heterocycles. The van der Waals surface area contributed by atoms with Crippen LogP contribution in [0.2, 0.25) is 0 Å². The van der Waals surface area contributed by atoms with Crippen molar-refractivity contribution in [1.29, 1.82) is 0 Å². The Balaban J connectivity index is 0.00000338. The summed E-state index contributed by atoms with van der Waals surface area (Å²) >= 11 is 0. The fourth-order valence-electron chi connectivity index (χ4n) is 4.31. The summed E-state index contributed by atoms with van der Waals surface area (Å²) in [5, 5.41) is 7.10. The van der Waals surface area contributed by atoms with Gasteiger partial charge in [-0.3, -0.25) is 9.89 Å². The van der Waals surface area contributed by atoms with Crippen molar-refractivity contribution >= 4 is 29.9 Å². The Labute approximate surface area is 178 Å². The van der Waals surface area contributed by atoms with Gasteiger partial charge in [0, 0.05) is 38.7 Å². The predicted molar refractivity (Wildman–Crippen MR) is 122 cm³/mol. The summed E-state index contributed by atoms with van der Waals surface area (Å²) < 4.78 is 6.10. The van der Waals surface area contributed by atoms with Gasteiger partial charge in [0.05, 0.1) is 6.10 Å². The van der Waals surface area contributed by atoms with Crippen molar-refractivity contribution in [2.75, 3.05) is 39.8 Å². The first-order chi connectivity index (χ1) is 12.0. The Hall–Kier alpha value is -0.0800. The molecule has 2 N–H and O–H groups in total. The Bertz CT molecular complexity index is 419. The Kier molecular flexibility index (Phi) is 10.8. The average Bonchev–Trinajstić information content (AvgIpc) is 3.12. The number of hydrogen-bond acceptors (Lipinski definition) is 3. The lowest BCUT2D eigenvalue weighted by Gasteiger charge is -2.40. The first-order valence-corrected chi connectivity index (χ1v) is 10.3. The lowest BCUT2D eigenvalue weighted by Crippen LogP contribution is -2.49. The minimum Gasteiger partial charge on any atom is -0.377 e. The van der Waals surface area contributed by atoms with Crippen LogP contribution in [0.1, 0.15) is 59.8 Å². The van der Waals surface area contributed by atoms with Crippen LogP contribution in [0, 0.1) is 11.3 Å². The molecule has 0 aliphatic carbocycles. The van der Waals surface area contributed by atoms with Crippen LogP contribution in [-0.4, -0.2) is 62.8 Å². The Morgan fingerprint density at radius 3 is 2.46 bits per heavy atom. The van der Waals surface area contributed by atoms with Crippen LogP contribution in [0.4, 0.5) is 0 Å². The SMILES string of the molecule is CCC(CNC(=NC)NCC1CCCOC1C(C)(C)C)N1CCCC1.I. The van der Waals surface area contributed by atoms with Crippen molar-refractivity contribution < 1.29 is 4.74 Å². The lowest BCUT2D eigenvalue weighted by atomic mass is 9.78. The molecule has 0 aromatic rings. The van der Waals surface area contributed by atoms with E-state index in [9.17, 15) is 0 Å². The lowest BCUT2D eigenvalue weighted by molar-refractivity contribution is -0.0835. The number of likely N-dealkylation sites (tertiary alicyclic amines) is 1. The molecular weight excluding hydrogens is 439 g/mol. The van der Waals surface area contributed by atoms with Crippen LogP contribution in [0.5, 0.6) is 0 Å². The van der Waals surface area contributed by atoms with Crippen molar-refractivity contribution in [2.45, 2.75) is 71.9 Å². The first-order valence-electron chi connectivity index (χ1n) is 10.3. The molecule has 0 amide bonds. The second-order valence-corrected chi connectivity index (χ2v) is 8.70. The average molecular weight is 480 g/mol. The molecule has 0 radical (unpaired) electrons. The molecule has 0 saturated carbocycles. The number of hydrogen-bond donors (Lipinski definition) is 2. The topological polar surface area (TPSA) is 48.9 Å². The van der Waals surface area contributed by atoms with Gasteiger partial charge in [-0.25, -0.2) is 0 Å². The van der Waals surface area contributed by atoms with E-state index in [1.165, 1.54) is 38.8 Å².